The van der Waals surface area contributed by atoms with E-state index >= 15 is 0 Å². The third-order valence-corrected chi connectivity index (χ3v) is 8.03. The first-order valence-corrected chi connectivity index (χ1v) is 11.6. The highest BCUT2D eigenvalue weighted by Gasteiger charge is 2.51. The number of alkyl halides is 3. The monoisotopic (exact) mass is 485 g/mol. The van der Waals surface area contributed by atoms with Gasteiger partial charge in [-0.05, 0) is 36.8 Å². The van der Waals surface area contributed by atoms with E-state index in [0.29, 0.717) is 17.5 Å². The molecular weight excluding hydrogens is 463 g/mol. The molecule has 11 heteroatoms. The molecule has 0 aliphatic carbocycles. The van der Waals surface area contributed by atoms with E-state index in [4.69, 9.17) is 0 Å². The fraction of sp³-hybridized carbons (Fsp3) is 0.381. The van der Waals surface area contributed by atoms with Crippen molar-refractivity contribution in [2.45, 2.75) is 41.0 Å². The number of sulfonamides is 1. The number of anilines is 1. The molecule has 1 saturated heterocycles. The predicted molar refractivity (Wildman–Crippen MR) is 116 cm³/mol. The van der Waals surface area contributed by atoms with Crippen LogP contribution in [0.15, 0.2) is 58.3 Å². The Morgan fingerprint density at radius 2 is 1.78 bits per heavy atom. The van der Waals surface area contributed by atoms with Crippen LogP contribution in [0.25, 0.3) is 0 Å². The number of benzene rings is 2. The Hall–Kier alpha value is -2.26. The van der Waals surface area contributed by atoms with Crippen LogP contribution in [0.5, 0.6) is 0 Å². The number of piperazine rings is 1. The van der Waals surface area contributed by atoms with Crippen molar-refractivity contribution < 1.29 is 26.7 Å². The van der Waals surface area contributed by atoms with Gasteiger partial charge in [0.1, 0.15) is 0 Å². The Bertz CT molecular complexity index is 1110. The molecule has 32 heavy (non-hydrogen) atoms. The minimum absolute atomic E-state index is 0.0244. The van der Waals surface area contributed by atoms with Gasteiger partial charge in [-0.3, -0.25) is 0 Å². The maximum atomic E-state index is 13.1. The Balaban J connectivity index is 1.85. The van der Waals surface area contributed by atoms with Crippen LogP contribution < -0.4 is 4.90 Å². The number of nitrogens with zero attached hydrogens (tertiary/aromatic N) is 3. The summed E-state index contributed by atoms with van der Waals surface area (Å²) in [6, 6.07) is 13.1. The minimum atomic E-state index is -4.83. The van der Waals surface area contributed by atoms with E-state index in [1.54, 1.807) is 23.1 Å². The molecule has 0 aromatic heterocycles. The molecule has 0 amide bonds. The van der Waals surface area contributed by atoms with Crippen LogP contribution in [-0.4, -0.2) is 49.7 Å². The second kappa shape index (κ2) is 8.94. The maximum absolute atomic E-state index is 13.1. The summed E-state index contributed by atoms with van der Waals surface area (Å²) in [6.07, 6.45) is -4.81. The molecule has 2 atom stereocenters. The summed E-state index contributed by atoms with van der Waals surface area (Å²) in [5, 5.41) is 19.1. The Kier molecular flexibility index (Phi) is 6.81. The van der Waals surface area contributed by atoms with Gasteiger partial charge in [-0.15, -0.1) is 12.6 Å². The highest BCUT2D eigenvalue weighted by atomic mass is 32.2. The summed E-state index contributed by atoms with van der Waals surface area (Å²) >= 11 is 4.23. The molecule has 1 heterocycles. The normalized spacial score (nSPS) is 19.9. The molecule has 0 radical (unpaired) electrons. The quantitative estimate of drug-likeness (QED) is 0.633. The first-order valence-electron chi connectivity index (χ1n) is 9.71. The summed E-state index contributed by atoms with van der Waals surface area (Å²) in [7, 11) is -3.83. The summed E-state index contributed by atoms with van der Waals surface area (Å²) in [6.45, 7) is 1.10. The standard InChI is InChI=1S/C21H22F3N3O3S2/c1-20(28,21(22,23)24)15-6-8-16(9-7-15)27-13-12-26(14-17(27)10-11-25)32(29,30)19-5-3-2-4-18(19)31/h2-9,17,28,31H,10,12-14H2,1H3/t17-,20-/m0/s1. The molecule has 2 aromatic carbocycles. The summed E-state index contributed by atoms with van der Waals surface area (Å²) in [5.74, 6) is 0. The lowest BCUT2D eigenvalue weighted by atomic mass is 9.95. The molecule has 2 aromatic rings. The van der Waals surface area contributed by atoms with E-state index in [2.05, 4.69) is 12.6 Å². The summed E-state index contributed by atoms with van der Waals surface area (Å²) in [4.78, 5) is 2.19. The summed E-state index contributed by atoms with van der Waals surface area (Å²) < 4.78 is 66.8. The van der Waals surface area contributed by atoms with E-state index in [1.165, 1.54) is 34.6 Å². The van der Waals surface area contributed by atoms with E-state index in [1.807, 2.05) is 6.07 Å². The van der Waals surface area contributed by atoms with Crippen molar-refractivity contribution in [3.05, 3.63) is 54.1 Å². The van der Waals surface area contributed by atoms with Crippen LogP contribution in [-0.2, 0) is 15.6 Å². The van der Waals surface area contributed by atoms with Gasteiger partial charge in [0.15, 0.2) is 5.60 Å². The van der Waals surface area contributed by atoms with E-state index in [-0.39, 0.29) is 36.5 Å². The average molecular weight is 486 g/mol. The van der Waals surface area contributed by atoms with Crippen molar-refractivity contribution in [3.63, 3.8) is 0 Å². The topological polar surface area (TPSA) is 84.6 Å². The van der Waals surface area contributed by atoms with Crippen LogP contribution >= 0.6 is 12.6 Å². The maximum Gasteiger partial charge on any atom is 0.421 e. The molecule has 1 N–H and O–H groups in total. The molecule has 1 fully saturated rings. The minimum Gasteiger partial charge on any atom is -0.376 e. The molecule has 1 aliphatic rings. The van der Waals surface area contributed by atoms with Gasteiger partial charge in [0.25, 0.3) is 0 Å². The van der Waals surface area contributed by atoms with E-state index in [0.717, 1.165) is 0 Å². The van der Waals surface area contributed by atoms with Gasteiger partial charge in [0, 0.05) is 30.2 Å². The Morgan fingerprint density at radius 1 is 1.16 bits per heavy atom. The number of hydrogen-bond acceptors (Lipinski definition) is 6. The second-order valence-corrected chi connectivity index (χ2v) is 10.0. The van der Waals surface area contributed by atoms with Crippen molar-refractivity contribution in [2.24, 2.45) is 0 Å². The number of halogens is 3. The van der Waals surface area contributed by atoms with Crippen LogP contribution in [0.4, 0.5) is 18.9 Å². The highest BCUT2D eigenvalue weighted by molar-refractivity contribution is 7.90. The number of hydrogen-bond donors (Lipinski definition) is 2. The number of thiol groups is 1. The Morgan fingerprint density at radius 3 is 2.34 bits per heavy atom. The lowest BCUT2D eigenvalue weighted by Crippen LogP contribution is -2.54. The zero-order valence-electron chi connectivity index (χ0n) is 17.1. The van der Waals surface area contributed by atoms with Crippen LogP contribution in [0.2, 0.25) is 0 Å². The molecule has 0 unspecified atom stereocenters. The zero-order valence-corrected chi connectivity index (χ0v) is 18.8. The Labute approximate surface area is 190 Å². The van der Waals surface area contributed by atoms with Crippen molar-refractivity contribution in [2.75, 3.05) is 24.5 Å². The SMILES string of the molecule is C[C@](O)(c1ccc(N2CCN(S(=O)(=O)c3ccccc3S)C[C@@H]2CC#N)cc1)C(F)(F)F. The number of nitriles is 1. The van der Waals surface area contributed by atoms with Gasteiger partial charge >= 0.3 is 6.18 Å². The highest BCUT2D eigenvalue weighted by Crippen LogP contribution is 2.39. The zero-order chi connectivity index (χ0) is 23.7. The van der Waals surface area contributed by atoms with E-state index < -0.39 is 27.8 Å². The van der Waals surface area contributed by atoms with Crippen molar-refractivity contribution in [1.29, 1.82) is 5.26 Å². The third-order valence-electron chi connectivity index (χ3n) is 5.57. The molecule has 0 bridgehead atoms. The third kappa shape index (κ3) is 4.59. The first-order chi connectivity index (χ1) is 14.9. The molecule has 172 valence electrons. The van der Waals surface area contributed by atoms with Gasteiger partial charge in [-0.1, -0.05) is 24.3 Å². The predicted octanol–water partition coefficient (Wildman–Crippen LogP) is 3.54. The molecular formula is C21H22F3N3O3S2. The summed E-state index contributed by atoms with van der Waals surface area (Å²) in [5.41, 5.74) is -2.76. The number of rotatable bonds is 5. The molecule has 0 spiro atoms. The first kappa shape index (κ1) is 24.4. The number of aliphatic hydroxyl groups is 1. The van der Waals surface area contributed by atoms with E-state index in [9.17, 15) is 32.0 Å². The van der Waals surface area contributed by atoms with Crippen LogP contribution in [0.1, 0.15) is 18.9 Å². The molecule has 6 nitrogen and oxygen atoms in total. The molecule has 1 aliphatic heterocycles. The lowest BCUT2D eigenvalue weighted by molar-refractivity contribution is -0.258. The second-order valence-electron chi connectivity index (χ2n) is 7.66. The fourth-order valence-electron chi connectivity index (χ4n) is 3.62. The lowest BCUT2D eigenvalue weighted by Gasteiger charge is -2.41. The van der Waals surface area contributed by atoms with Gasteiger partial charge in [0.05, 0.1) is 23.4 Å². The van der Waals surface area contributed by atoms with Gasteiger partial charge in [-0.2, -0.15) is 22.7 Å². The van der Waals surface area contributed by atoms with Crippen LogP contribution in [0, 0.1) is 11.3 Å². The van der Waals surface area contributed by atoms with Gasteiger partial charge < -0.3 is 10.0 Å². The van der Waals surface area contributed by atoms with Gasteiger partial charge in [-0.25, -0.2) is 8.42 Å². The fourth-order valence-corrected chi connectivity index (χ4v) is 5.68. The van der Waals surface area contributed by atoms with Crippen LogP contribution in [0.3, 0.4) is 0 Å². The molecule has 0 saturated carbocycles. The van der Waals surface area contributed by atoms with Crippen molar-refractivity contribution in [3.8, 4) is 6.07 Å². The largest absolute Gasteiger partial charge is 0.421 e. The van der Waals surface area contributed by atoms with Gasteiger partial charge in [0.2, 0.25) is 10.0 Å². The molecule has 3 rings (SSSR count). The van der Waals surface area contributed by atoms with Crippen molar-refractivity contribution in [1.82, 2.24) is 4.31 Å². The van der Waals surface area contributed by atoms with Crippen molar-refractivity contribution >= 4 is 28.3 Å². The average Bonchev–Trinajstić information content (AvgIpc) is 2.73. The smallest absolute Gasteiger partial charge is 0.376 e.